The van der Waals surface area contributed by atoms with E-state index >= 15 is 0 Å². The molecule has 1 saturated heterocycles. The third kappa shape index (κ3) is 4.21. The molecular formula is C22H24N4O3S2. The summed E-state index contributed by atoms with van der Waals surface area (Å²) in [5, 5.41) is 6.00. The number of hydrogen-bond acceptors (Lipinski definition) is 6. The van der Waals surface area contributed by atoms with Crippen molar-refractivity contribution >= 4 is 39.0 Å². The first-order chi connectivity index (χ1) is 14.9. The fourth-order valence-electron chi connectivity index (χ4n) is 3.65. The SMILES string of the molecule is COc1ccccc1-c1ccc(N2CC(C(=O)N(C)c3nc(C)c(S(N)=O)s3)C2)cc1. The minimum Gasteiger partial charge on any atom is -0.496 e. The van der Waals surface area contributed by atoms with Crippen molar-refractivity contribution in [3.63, 3.8) is 0 Å². The summed E-state index contributed by atoms with van der Waals surface area (Å²) in [4.78, 5) is 20.9. The molecule has 1 amide bonds. The number of hydrogen-bond donors (Lipinski definition) is 1. The molecule has 1 atom stereocenters. The van der Waals surface area contributed by atoms with Crippen LogP contribution in [-0.2, 0) is 15.8 Å². The van der Waals surface area contributed by atoms with E-state index in [9.17, 15) is 9.00 Å². The van der Waals surface area contributed by atoms with Crippen LogP contribution in [-0.4, -0.2) is 42.3 Å². The van der Waals surface area contributed by atoms with Crippen LogP contribution in [0.15, 0.2) is 52.7 Å². The highest BCUT2D eigenvalue weighted by molar-refractivity contribution is 7.85. The van der Waals surface area contributed by atoms with Crippen molar-refractivity contribution in [2.75, 3.05) is 37.0 Å². The van der Waals surface area contributed by atoms with E-state index in [1.807, 2.05) is 24.3 Å². The van der Waals surface area contributed by atoms with Gasteiger partial charge in [-0.3, -0.25) is 9.69 Å². The van der Waals surface area contributed by atoms with Gasteiger partial charge in [0.25, 0.3) is 0 Å². The number of benzene rings is 2. The van der Waals surface area contributed by atoms with Gasteiger partial charge < -0.3 is 9.64 Å². The number of amides is 1. The van der Waals surface area contributed by atoms with Crippen molar-refractivity contribution in [3.05, 3.63) is 54.2 Å². The van der Waals surface area contributed by atoms with Crippen molar-refractivity contribution in [1.29, 1.82) is 0 Å². The first kappa shape index (κ1) is 21.5. The summed E-state index contributed by atoms with van der Waals surface area (Å²) in [6.45, 7) is 3.05. The summed E-state index contributed by atoms with van der Waals surface area (Å²) in [7, 11) is 1.78. The summed E-state index contributed by atoms with van der Waals surface area (Å²) in [6.07, 6.45) is 0. The van der Waals surface area contributed by atoms with Crippen molar-refractivity contribution < 1.29 is 13.7 Å². The van der Waals surface area contributed by atoms with Crippen LogP contribution >= 0.6 is 11.3 Å². The molecule has 0 bridgehead atoms. The molecule has 4 rings (SSSR count). The number of carbonyl (C=O) groups is 1. The van der Waals surface area contributed by atoms with E-state index in [1.54, 1.807) is 26.0 Å². The highest BCUT2D eigenvalue weighted by atomic mass is 32.2. The molecule has 7 nitrogen and oxygen atoms in total. The monoisotopic (exact) mass is 456 g/mol. The number of rotatable bonds is 6. The molecule has 0 aliphatic carbocycles. The van der Waals surface area contributed by atoms with E-state index in [2.05, 4.69) is 34.1 Å². The smallest absolute Gasteiger partial charge is 0.235 e. The lowest BCUT2D eigenvalue weighted by Gasteiger charge is -2.41. The second-order valence-electron chi connectivity index (χ2n) is 7.41. The Kier molecular flexibility index (Phi) is 6.08. The van der Waals surface area contributed by atoms with Crippen LogP contribution in [0.25, 0.3) is 11.1 Å². The highest BCUT2D eigenvalue weighted by Gasteiger charge is 2.36. The number of ether oxygens (including phenoxy) is 1. The molecule has 9 heteroatoms. The van der Waals surface area contributed by atoms with Gasteiger partial charge in [-0.1, -0.05) is 41.7 Å². The maximum atomic E-state index is 12.8. The zero-order chi connectivity index (χ0) is 22.1. The molecular weight excluding hydrogens is 432 g/mol. The van der Waals surface area contributed by atoms with Crippen LogP contribution in [0.3, 0.4) is 0 Å². The van der Waals surface area contributed by atoms with Gasteiger partial charge in [0.1, 0.15) is 20.9 Å². The van der Waals surface area contributed by atoms with Gasteiger partial charge in [0, 0.05) is 31.4 Å². The van der Waals surface area contributed by atoms with Crippen molar-refractivity contribution in [3.8, 4) is 16.9 Å². The number of para-hydroxylation sites is 1. The largest absolute Gasteiger partial charge is 0.496 e. The molecule has 31 heavy (non-hydrogen) atoms. The maximum Gasteiger partial charge on any atom is 0.235 e. The number of nitrogens with zero attached hydrogens (tertiary/aromatic N) is 3. The molecule has 2 N–H and O–H groups in total. The van der Waals surface area contributed by atoms with Gasteiger partial charge in [-0.2, -0.15) is 0 Å². The zero-order valence-electron chi connectivity index (χ0n) is 17.6. The van der Waals surface area contributed by atoms with Crippen LogP contribution in [0.2, 0.25) is 0 Å². The van der Waals surface area contributed by atoms with Gasteiger partial charge in [0.15, 0.2) is 5.13 Å². The summed E-state index contributed by atoms with van der Waals surface area (Å²) in [6, 6.07) is 16.2. The van der Waals surface area contributed by atoms with E-state index in [1.165, 1.54) is 11.3 Å². The van der Waals surface area contributed by atoms with Crippen LogP contribution in [0.4, 0.5) is 10.8 Å². The minimum atomic E-state index is -1.59. The van der Waals surface area contributed by atoms with E-state index < -0.39 is 11.0 Å². The molecule has 1 fully saturated rings. The lowest BCUT2D eigenvalue weighted by Crippen LogP contribution is -2.54. The Hall–Kier alpha value is -2.75. The Bertz CT molecular complexity index is 1120. The van der Waals surface area contributed by atoms with Gasteiger partial charge in [-0.15, -0.1) is 0 Å². The first-order valence-electron chi connectivity index (χ1n) is 9.78. The van der Waals surface area contributed by atoms with Gasteiger partial charge in [-0.05, 0) is 30.7 Å². The molecule has 3 aromatic rings. The number of thiazole rings is 1. The molecule has 1 aliphatic heterocycles. The second kappa shape index (κ2) is 8.78. The molecule has 162 valence electrons. The van der Waals surface area contributed by atoms with Crippen molar-refractivity contribution in [2.45, 2.75) is 11.1 Å². The number of nitrogens with two attached hydrogens (primary N) is 1. The van der Waals surface area contributed by atoms with Gasteiger partial charge >= 0.3 is 0 Å². The number of carbonyl (C=O) groups excluding carboxylic acids is 1. The summed E-state index contributed by atoms with van der Waals surface area (Å²) in [5.74, 6) is 0.742. The molecule has 2 aromatic carbocycles. The number of methoxy groups -OCH3 is 1. The molecule has 1 aromatic heterocycles. The van der Waals surface area contributed by atoms with E-state index in [-0.39, 0.29) is 11.8 Å². The number of aryl methyl sites for hydroxylation is 1. The van der Waals surface area contributed by atoms with E-state index in [0.29, 0.717) is 28.1 Å². The summed E-state index contributed by atoms with van der Waals surface area (Å²) >= 11 is 1.20. The standard InChI is InChI=1S/C22H24N4O3S2/c1-14-21(31(23)28)30-22(24-14)25(2)20(27)16-12-26(13-16)17-10-8-15(9-11-17)18-6-4-5-7-19(18)29-3/h4-11,16H,12-13,23H2,1-3H3. The van der Waals surface area contributed by atoms with E-state index in [4.69, 9.17) is 9.88 Å². The van der Waals surface area contributed by atoms with E-state index in [0.717, 1.165) is 22.6 Å². The van der Waals surface area contributed by atoms with Crippen LogP contribution in [0.1, 0.15) is 5.69 Å². The second-order valence-corrected chi connectivity index (χ2v) is 9.65. The number of anilines is 2. The summed E-state index contributed by atoms with van der Waals surface area (Å²) in [5.41, 5.74) is 3.81. The zero-order valence-corrected chi connectivity index (χ0v) is 19.2. The quantitative estimate of drug-likeness (QED) is 0.615. The predicted octanol–water partition coefficient (Wildman–Crippen LogP) is 3.21. The molecule has 0 radical (unpaired) electrons. The normalized spacial score (nSPS) is 14.8. The van der Waals surface area contributed by atoms with Gasteiger partial charge in [0.2, 0.25) is 5.91 Å². The number of aromatic nitrogens is 1. The third-order valence-corrected chi connectivity index (χ3v) is 7.86. The van der Waals surface area contributed by atoms with Crippen molar-refractivity contribution in [2.24, 2.45) is 11.1 Å². The highest BCUT2D eigenvalue weighted by Crippen LogP contribution is 2.34. The van der Waals surface area contributed by atoms with Gasteiger partial charge in [-0.25, -0.2) is 14.3 Å². The minimum absolute atomic E-state index is 0.00463. The fraction of sp³-hybridized carbons (Fsp3) is 0.273. The average Bonchev–Trinajstić information content (AvgIpc) is 3.14. The Morgan fingerprint density at radius 1 is 1.23 bits per heavy atom. The third-order valence-electron chi connectivity index (χ3n) is 5.42. The average molecular weight is 457 g/mol. The topological polar surface area (TPSA) is 88.8 Å². The lowest BCUT2D eigenvalue weighted by atomic mass is 9.97. The Morgan fingerprint density at radius 2 is 1.90 bits per heavy atom. The van der Waals surface area contributed by atoms with Crippen LogP contribution in [0.5, 0.6) is 5.75 Å². The predicted molar refractivity (Wildman–Crippen MR) is 125 cm³/mol. The Labute approximate surface area is 188 Å². The Morgan fingerprint density at radius 3 is 2.52 bits per heavy atom. The Balaban J connectivity index is 1.40. The maximum absolute atomic E-state index is 12.8. The molecule has 0 saturated carbocycles. The summed E-state index contributed by atoms with van der Waals surface area (Å²) < 4.78 is 17.5. The van der Waals surface area contributed by atoms with Crippen LogP contribution < -0.4 is 19.7 Å². The lowest BCUT2D eigenvalue weighted by molar-refractivity contribution is -0.122. The molecule has 1 aliphatic rings. The molecule has 1 unspecified atom stereocenters. The first-order valence-corrected chi connectivity index (χ1v) is 11.8. The molecule has 0 spiro atoms. The van der Waals surface area contributed by atoms with Gasteiger partial charge in [0.05, 0.1) is 18.7 Å². The van der Waals surface area contributed by atoms with Crippen LogP contribution in [0, 0.1) is 12.8 Å². The van der Waals surface area contributed by atoms with Crippen molar-refractivity contribution in [1.82, 2.24) is 4.98 Å². The fourth-order valence-corrected chi connectivity index (χ4v) is 5.31. The molecule has 2 heterocycles.